The number of hydrogen-bond acceptors (Lipinski definition) is 3. The summed E-state index contributed by atoms with van der Waals surface area (Å²) in [6, 6.07) is 7.28. The Bertz CT molecular complexity index is 417. The van der Waals surface area contributed by atoms with Gasteiger partial charge in [-0.1, -0.05) is 18.2 Å². The Morgan fingerprint density at radius 1 is 1.47 bits per heavy atom. The summed E-state index contributed by atoms with van der Waals surface area (Å²) >= 11 is 0. The number of para-hydroxylation sites is 1. The Hall–Kier alpha value is -1.55. The standard InChI is InChI=1S/C13H17NO3/c1-9(15)10-5-3-4-6-11(10)17-12-7-8-14(2)13(12)16/h3-6,9,12,15H,7-8H2,1-2H3/t9-,12?/m0/s1. The highest BCUT2D eigenvalue weighted by molar-refractivity contribution is 5.83. The summed E-state index contributed by atoms with van der Waals surface area (Å²) in [5, 5.41) is 9.62. The zero-order chi connectivity index (χ0) is 12.4. The number of aliphatic hydroxyl groups excluding tert-OH is 1. The topological polar surface area (TPSA) is 49.8 Å². The summed E-state index contributed by atoms with van der Waals surface area (Å²) in [6.45, 7) is 2.41. The Balaban J connectivity index is 2.16. The molecule has 1 amide bonds. The highest BCUT2D eigenvalue weighted by atomic mass is 16.5. The molecule has 2 rings (SSSR count). The van der Waals surface area contributed by atoms with Crippen LogP contribution in [-0.2, 0) is 4.79 Å². The molecule has 1 unspecified atom stereocenters. The highest BCUT2D eigenvalue weighted by Crippen LogP contribution is 2.27. The van der Waals surface area contributed by atoms with E-state index in [1.807, 2.05) is 18.2 Å². The van der Waals surface area contributed by atoms with Crippen molar-refractivity contribution >= 4 is 5.91 Å². The van der Waals surface area contributed by atoms with E-state index in [1.54, 1.807) is 24.9 Å². The maximum Gasteiger partial charge on any atom is 0.263 e. The number of benzene rings is 1. The van der Waals surface area contributed by atoms with E-state index in [1.165, 1.54) is 0 Å². The third kappa shape index (κ3) is 2.42. The van der Waals surface area contributed by atoms with Gasteiger partial charge in [-0.25, -0.2) is 0 Å². The van der Waals surface area contributed by atoms with Crippen molar-refractivity contribution < 1.29 is 14.6 Å². The minimum Gasteiger partial charge on any atom is -0.480 e. The monoisotopic (exact) mass is 235 g/mol. The van der Waals surface area contributed by atoms with Crippen LogP contribution in [0, 0.1) is 0 Å². The van der Waals surface area contributed by atoms with Gasteiger partial charge in [-0.3, -0.25) is 4.79 Å². The molecule has 1 fully saturated rings. The van der Waals surface area contributed by atoms with E-state index in [9.17, 15) is 9.90 Å². The minimum atomic E-state index is -0.597. The first-order valence-corrected chi connectivity index (χ1v) is 5.78. The van der Waals surface area contributed by atoms with Gasteiger partial charge in [-0.2, -0.15) is 0 Å². The van der Waals surface area contributed by atoms with Crippen LogP contribution >= 0.6 is 0 Å². The molecule has 17 heavy (non-hydrogen) atoms. The van der Waals surface area contributed by atoms with E-state index in [0.29, 0.717) is 12.2 Å². The summed E-state index contributed by atoms with van der Waals surface area (Å²) in [5.41, 5.74) is 0.717. The number of rotatable bonds is 3. The zero-order valence-corrected chi connectivity index (χ0v) is 10.1. The fourth-order valence-electron chi connectivity index (χ4n) is 1.99. The Kier molecular flexibility index (Phi) is 3.33. The van der Waals surface area contributed by atoms with Crippen molar-refractivity contribution in [3.05, 3.63) is 29.8 Å². The van der Waals surface area contributed by atoms with Gasteiger partial charge < -0.3 is 14.7 Å². The molecular weight excluding hydrogens is 218 g/mol. The predicted octanol–water partition coefficient (Wildman–Crippen LogP) is 1.35. The van der Waals surface area contributed by atoms with Crippen LogP contribution in [0.3, 0.4) is 0 Å². The number of likely N-dealkylation sites (N-methyl/N-ethyl adjacent to an activating group) is 1. The van der Waals surface area contributed by atoms with Crippen molar-refractivity contribution in [1.29, 1.82) is 0 Å². The van der Waals surface area contributed by atoms with Crippen LogP contribution in [0.1, 0.15) is 25.0 Å². The molecule has 2 atom stereocenters. The summed E-state index contributed by atoms with van der Waals surface area (Å²) in [6.07, 6.45) is -0.316. The molecule has 1 N–H and O–H groups in total. The second-order valence-corrected chi connectivity index (χ2v) is 4.37. The number of hydrogen-bond donors (Lipinski definition) is 1. The molecule has 92 valence electrons. The fraction of sp³-hybridized carbons (Fsp3) is 0.462. The van der Waals surface area contributed by atoms with Crippen LogP contribution in [-0.4, -0.2) is 35.6 Å². The minimum absolute atomic E-state index is 0.00500. The molecule has 1 aromatic carbocycles. The lowest BCUT2D eigenvalue weighted by atomic mass is 10.1. The van der Waals surface area contributed by atoms with Crippen LogP contribution in [0.15, 0.2) is 24.3 Å². The van der Waals surface area contributed by atoms with Gasteiger partial charge in [0.2, 0.25) is 0 Å². The van der Waals surface area contributed by atoms with E-state index >= 15 is 0 Å². The molecular formula is C13H17NO3. The maximum atomic E-state index is 11.7. The van der Waals surface area contributed by atoms with Crippen molar-refractivity contribution in [3.8, 4) is 5.75 Å². The van der Waals surface area contributed by atoms with Crippen LogP contribution in [0.2, 0.25) is 0 Å². The molecule has 1 aliphatic rings. The molecule has 0 radical (unpaired) electrons. The van der Waals surface area contributed by atoms with E-state index in [-0.39, 0.29) is 5.91 Å². The third-order valence-electron chi connectivity index (χ3n) is 3.02. The Morgan fingerprint density at radius 2 is 2.18 bits per heavy atom. The molecule has 0 bridgehead atoms. The number of likely N-dealkylation sites (tertiary alicyclic amines) is 1. The van der Waals surface area contributed by atoms with Crippen molar-refractivity contribution in [2.24, 2.45) is 0 Å². The summed E-state index contributed by atoms with van der Waals surface area (Å²) in [5.74, 6) is 0.599. The average Bonchev–Trinajstić information content (AvgIpc) is 2.61. The fourth-order valence-corrected chi connectivity index (χ4v) is 1.99. The van der Waals surface area contributed by atoms with Gasteiger partial charge in [0, 0.05) is 25.6 Å². The Morgan fingerprint density at radius 3 is 2.76 bits per heavy atom. The van der Waals surface area contributed by atoms with Crippen LogP contribution < -0.4 is 4.74 Å². The van der Waals surface area contributed by atoms with Crippen molar-refractivity contribution in [2.45, 2.75) is 25.6 Å². The summed E-state index contributed by atoms with van der Waals surface area (Å²) in [7, 11) is 1.77. The molecule has 1 heterocycles. The molecule has 0 spiro atoms. The largest absolute Gasteiger partial charge is 0.480 e. The maximum absolute atomic E-state index is 11.7. The first kappa shape index (κ1) is 11.9. The Labute approximate surface area is 101 Å². The molecule has 1 aromatic rings. The lowest BCUT2D eigenvalue weighted by Gasteiger charge is -2.17. The van der Waals surface area contributed by atoms with Crippen molar-refractivity contribution in [1.82, 2.24) is 4.90 Å². The lowest BCUT2D eigenvalue weighted by Crippen LogP contribution is -2.29. The zero-order valence-electron chi connectivity index (χ0n) is 10.1. The first-order valence-electron chi connectivity index (χ1n) is 5.78. The molecule has 0 aromatic heterocycles. The smallest absolute Gasteiger partial charge is 0.263 e. The van der Waals surface area contributed by atoms with Crippen LogP contribution in [0.5, 0.6) is 5.75 Å². The van der Waals surface area contributed by atoms with Gasteiger partial charge in [-0.15, -0.1) is 0 Å². The molecule has 4 nitrogen and oxygen atoms in total. The van der Waals surface area contributed by atoms with E-state index < -0.39 is 12.2 Å². The number of amides is 1. The first-order chi connectivity index (χ1) is 8.09. The van der Waals surface area contributed by atoms with Gasteiger partial charge in [-0.05, 0) is 13.0 Å². The molecule has 1 aliphatic heterocycles. The number of aliphatic hydroxyl groups is 1. The second kappa shape index (κ2) is 4.75. The normalized spacial score (nSPS) is 21.7. The van der Waals surface area contributed by atoms with Crippen molar-refractivity contribution in [2.75, 3.05) is 13.6 Å². The summed E-state index contributed by atoms with van der Waals surface area (Å²) in [4.78, 5) is 13.4. The lowest BCUT2D eigenvalue weighted by molar-refractivity contribution is -0.132. The quantitative estimate of drug-likeness (QED) is 0.860. The second-order valence-electron chi connectivity index (χ2n) is 4.37. The van der Waals surface area contributed by atoms with Gasteiger partial charge >= 0.3 is 0 Å². The molecule has 0 aliphatic carbocycles. The van der Waals surface area contributed by atoms with Crippen molar-refractivity contribution in [3.63, 3.8) is 0 Å². The van der Waals surface area contributed by atoms with E-state index in [2.05, 4.69) is 0 Å². The number of nitrogens with zero attached hydrogens (tertiary/aromatic N) is 1. The number of ether oxygens (including phenoxy) is 1. The van der Waals surface area contributed by atoms with E-state index in [4.69, 9.17) is 4.74 Å². The molecule has 0 saturated carbocycles. The van der Waals surface area contributed by atoms with Gasteiger partial charge in [0.1, 0.15) is 5.75 Å². The predicted molar refractivity (Wildman–Crippen MR) is 63.7 cm³/mol. The SMILES string of the molecule is C[C@H](O)c1ccccc1OC1CCN(C)C1=O. The third-order valence-corrected chi connectivity index (χ3v) is 3.02. The molecule has 1 saturated heterocycles. The number of carbonyl (C=O) groups is 1. The summed E-state index contributed by atoms with van der Waals surface area (Å²) < 4.78 is 5.70. The molecule has 4 heteroatoms. The highest BCUT2D eigenvalue weighted by Gasteiger charge is 2.31. The van der Waals surface area contributed by atoms with E-state index in [0.717, 1.165) is 12.1 Å². The van der Waals surface area contributed by atoms with Gasteiger partial charge in [0.05, 0.1) is 6.10 Å². The van der Waals surface area contributed by atoms with Gasteiger partial charge in [0.25, 0.3) is 5.91 Å². The number of carbonyl (C=O) groups excluding carboxylic acids is 1. The van der Waals surface area contributed by atoms with Gasteiger partial charge in [0.15, 0.2) is 6.10 Å². The van der Waals surface area contributed by atoms with Crippen LogP contribution in [0.4, 0.5) is 0 Å². The average molecular weight is 235 g/mol. The van der Waals surface area contributed by atoms with Crippen LogP contribution in [0.25, 0.3) is 0 Å².